The quantitative estimate of drug-likeness (QED) is 0.629. The largest absolute Gasteiger partial charge is 0.398 e. The van der Waals surface area contributed by atoms with E-state index in [0.717, 1.165) is 16.2 Å². The molecule has 0 radical (unpaired) electrons. The average molecular weight is 272 g/mol. The molecule has 1 aromatic rings. The van der Waals surface area contributed by atoms with Gasteiger partial charge >= 0.3 is 0 Å². The first kappa shape index (κ1) is 13.9. The molecule has 1 atom stereocenters. The summed E-state index contributed by atoms with van der Waals surface area (Å²) in [6.45, 7) is 0. The van der Waals surface area contributed by atoms with Crippen molar-refractivity contribution >= 4 is 23.2 Å². The number of likely N-dealkylation sites (N-methyl/N-ethyl adjacent to an activating group) is 1. The van der Waals surface area contributed by atoms with Gasteiger partial charge in [0.2, 0.25) is 5.91 Å². The number of rotatable bonds is 3. The van der Waals surface area contributed by atoms with Gasteiger partial charge in [-0.25, -0.2) is 0 Å². The fraction of sp³-hybridized carbons (Fsp3) is 0.357. The number of hydrogen-bond acceptors (Lipinski definition) is 5. The first-order chi connectivity index (χ1) is 9.52. The Labute approximate surface area is 117 Å². The van der Waals surface area contributed by atoms with E-state index in [-0.39, 0.29) is 18.2 Å². The molecule has 2 rings (SSSR count). The van der Waals surface area contributed by atoms with Crippen molar-refractivity contribution in [2.24, 2.45) is 0 Å². The van der Waals surface area contributed by atoms with Crippen LogP contribution in [-0.4, -0.2) is 29.8 Å². The normalized spacial score (nSPS) is 18.8. The summed E-state index contributed by atoms with van der Waals surface area (Å²) in [7, 11) is 1.49. The van der Waals surface area contributed by atoms with Crippen molar-refractivity contribution in [3.63, 3.8) is 0 Å². The molecule has 0 aromatic heterocycles. The third kappa shape index (κ3) is 2.72. The molecule has 1 saturated heterocycles. The molecular formula is C14H16N4O2. The lowest BCUT2D eigenvalue weighted by molar-refractivity contribution is -0.146. The fourth-order valence-corrected chi connectivity index (χ4v) is 2.18. The van der Waals surface area contributed by atoms with Crippen molar-refractivity contribution in [1.82, 2.24) is 4.90 Å². The zero-order valence-corrected chi connectivity index (χ0v) is 11.2. The topological polar surface area (TPSA) is 99.2 Å². The van der Waals surface area contributed by atoms with Gasteiger partial charge in [-0.05, 0) is 30.2 Å². The minimum absolute atomic E-state index is 0.157. The van der Waals surface area contributed by atoms with E-state index in [0.29, 0.717) is 18.5 Å². The molecule has 0 bridgehead atoms. The van der Waals surface area contributed by atoms with Gasteiger partial charge in [0.1, 0.15) is 6.04 Å². The number of benzene rings is 1. The highest BCUT2D eigenvalue weighted by Crippen LogP contribution is 2.21. The van der Waals surface area contributed by atoms with Gasteiger partial charge in [-0.3, -0.25) is 14.5 Å². The van der Waals surface area contributed by atoms with E-state index in [1.807, 2.05) is 6.07 Å². The molecule has 0 saturated carbocycles. The Morgan fingerprint density at radius 3 is 2.95 bits per heavy atom. The lowest BCUT2D eigenvalue weighted by Gasteiger charge is -2.29. The van der Waals surface area contributed by atoms with E-state index >= 15 is 0 Å². The van der Waals surface area contributed by atoms with Gasteiger partial charge in [0, 0.05) is 24.8 Å². The van der Waals surface area contributed by atoms with E-state index in [2.05, 4.69) is 5.32 Å². The van der Waals surface area contributed by atoms with Gasteiger partial charge in [0.25, 0.3) is 5.91 Å². The Bertz CT molecular complexity index is 591. The van der Waals surface area contributed by atoms with Crippen LogP contribution in [0.5, 0.6) is 0 Å². The Morgan fingerprint density at radius 2 is 2.25 bits per heavy atom. The first-order valence-electron chi connectivity index (χ1n) is 6.35. The van der Waals surface area contributed by atoms with E-state index < -0.39 is 6.04 Å². The average Bonchev–Trinajstić information content (AvgIpc) is 2.43. The van der Waals surface area contributed by atoms with Gasteiger partial charge < -0.3 is 11.1 Å². The van der Waals surface area contributed by atoms with Crippen molar-refractivity contribution in [3.05, 3.63) is 23.8 Å². The number of likely N-dealkylation sites (tertiary alicyclic amines) is 1. The standard InChI is InChI=1S/C14H16N4O2/c1-18-13(19)5-4-12(14(18)20)17-10-2-3-11(16)9(8-10)6-7-15/h2-3,8,12,17H,4-6,16H2,1H3. The molecule has 1 unspecified atom stereocenters. The van der Waals surface area contributed by atoms with Crippen molar-refractivity contribution in [3.8, 4) is 6.07 Å². The van der Waals surface area contributed by atoms with Gasteiger partial charge in [0.05, 0.1) is 12.5 Å². The number of carbonyl (C=O) groups is 2. The predicted octanol–water partition coefficient (Wildman–Crippen LogP) is 0.894. The molecule has 3 N–H and O–H groups in total. The van der Waals surface area contributed by atoms with Crippen molar-refractivity contribution in [1.29, 1.82) is 5.26 Å². The molecule has 1 aliphatic rings. The van der Waals surface area contributed by atoms with Crippen LogP contribution >= 0.6 is 0 Å². The van der Waals surface area contributed by atoms with Crippen LogP contribution in [0.3, 0.4) is 0 Å². The van der Waals surface area contributed by atoms with E-state index in [1.165, 1.54) is 7.05 Å². The van der Waals surface area contributed by atoms with E-state index in [4.69, 9.17) is 11.0 Å². The number of nitriles is 1. The molecule has 1 aromatic carbocycles. The summed E-state index contributed by atoms with van der Waals surface area (Å²) < 4.78 is 0. The van der Waals surface area contributed by atoms with Gasteiger partial charge in [-0.15, -0.1) is 0 Å². The van der Waals surface area contributed by atoms with E-state index in [9.17, 15) is 9.59 Å². The molecule has 0 spiro atoms. The maximum Gasteiger partial charge on any atom is 0.251 e. The fourth-order valence-electron chi connectivity index (χ4n) is 2.18. The highest BCUT2D eigenvalue weighted by atomic mass is 16.2. The third-order valence-electron chi connectivity index (χ3n) is 3.40. The summed E-state index contributed by atoms with van der Waals surface area (Å²) in [6, 6.07) is 6.87. The van der Waals surface area contributed by atoms with E-state index in [1.54, 1.807) is 18.2 Å². The third-order valence-corrected chi connectivity index (χ3v) is 3.40. The van der Waals surface area contributed by atoms with Crippen molar-refractivity contribution < 1.29 is 9.59 Å². The summed E-state index contributed by atoms with van der Waals surface area (Å²) in [5.74, 6) is -0.393. The molecule has 104 valence electrons. The maximum absolute atomic E-state index is 12.0. The number of nitrogens with zero attached hydrogens (tertiary/aromatic N) is 2. The lowest BCUT2D eigenvalue weighted by atomic mass is 10.0. The predicted molar refractivity (Wildman–Crippen MR) is 74.6 cm³/mol. The van der Waals surface area contributed by atoms with Gasteiger partial charge in [-0.2, -0.15) is 5.26 Å². The highest BCUT2D eigenvalue weighted by Gasteiger charge is 2.31. The van der Waals surface area contributed by atoms with Gasteiger partial charge in [-0.1, -0.05) is 0 Å². The number of amides is 2. The maximum atomic E-state index is 12.0. The first-order valence-corrected chi connectivity index (χ1v) is 6.35. The van der Waals surface area contributed by atoms with Crippen LogP contribution < -0.4 is 11.1 Å². The molecular weight excluding hydrogens is 256 g/mol. The highest BCUT2D eigenvalue weighted by molar-refractivity contribution is 6.01. The number of nitrogens with one attached hydrogen (secondary N) is 1. The molecule has 1 aliphatic heterocycles. The van der Waals surface area contributed by atoms with Gasteiger partial charge in [0.15, 0.2) is 0 Å². The van der Waals surface area contributed by atoms with Crippen LogP contribution in [-0.2, 0) is 16.0 Å². The number of piperidine rings is 1. The molecule has 0 aliphatic carbocycles. The Hall–Kier alpha value is -2.55. The SMILES string of the molecule is CN1C(=O)CCC(Nc2ccc(N)c(CC#N)c2)C1=O. The smallest absolute Gasteiger partial charge is 0.251 e. The summed E-state index contributed by atoms with van der Waals surface area (Å²) in [4.78, 5) is 24.5. The summed E-state index contributed by atoms with van der Waals surface area (Å²) >= 11 is 0. The minimum atomic E-state index is -0.420. The minimum Gasteiger partial charge on any atom is -0.398 e. The number of carbonyl (C=O) groups excluding carboxylic acids is 2. The Kier molecular flexibility index (Phi) is 3.89. The lowest BCUT2D eigenvalue weighted by Crippen LogP contribution is -2.48. The summed E-state index contributed by atoms with van der Waals surface area (Å²) in [6.07, 6.45) is 1.04. The number of anilines is 2. The molecule has 2 amide bonds. The van der Waals surface area contributed by atoms with Crippen molar-refractivity contribution in [2.45, 2.75) is 25.3 Å². The van der Waals surface area contributed by atoms with Crippen LogP contribution in [0.4, 0.5) is 11.4 Å². The monoisotopic (exact) mass is 272 g/mol. The van der Waals surface area contributed by atoms with Crippen LogP contribution in [0.25, 0.3) is 0 Å². The number of nitrogen functional groups attached to an aromatic ring is 1. The molecule has 6 nitrogen and oxygen atoms in total. The van der Waals surface area contributed by atoms with Crippen LogP contribution in [0.2, 0.25) is 0 Å². The van der Waals surface area contributed by atoms with Crippen LogP contribution in [0.15, 0.2) is 18.2 Å². The molecule has 20 heavy (non-hydrogen) atoms. The number of nitrogens with two attached hydrogens (primary N) is 1. The second-order valence-electron chi connectivity index (χ2n) is 4.78. The summed E-state index contributed by atoms with van der Waals surface area (Å²) in [5, 5.41) is 11.8. The zero-order valence-electron chi connectivity index (χ0n) is 11.2. The number of imide groups is 1. The number of hydrogen-bond donors (Lipinski definition) is 2. The summed E-state index contributed by atoms with van der Waals surface area (Å²) in [5.41, 5.74) is 7.79. The molecule has 1 fully saturated rings. The zero-order chi connectivity index (χ0) is 14.7. The second-order valence-corrected chi connectivity index (χ2v) is 4.78. The molecule has 6 heteroatoms. The molecule has 1 heterocycles. The van der Waals surface area contributed by atoms with Crippen molar-refractivity contribution in [2.75, 3.05) is 18.1 Å². The van der Waals surface area contributed by atoms with Crippen LogP contribution in [0.1, 0.15) is 18.4 Å². The van der Waals surface area contributed by atoms with Crippen LogP contribution in [0, 0.1) is 11.3 Å². The second kappa shape index (κ2) is 5.61. The Morgan fingerprint density at radius 1 is 1.50 bits per heavy atom. The Balaban J connectivity index is 2.14.